The Morgan fingerprint density at radius 3 is 2.73 bits per heavy atom. The predicted octanol–water partition coefficient (Wildman–Crippen LogP) is 2.37. The normalized spacial score (nSPS) is 13.4. The van der Waals surface area contributed by atoms with E-state index >= 15 is 0 Å². The molecule has 0 spiro atoms. The Kier molecular flexibility index (Phi) is 3.09. The van der Waals surface area contributed by atoms with Crippen LogP contribution >= 0.6 is 11.3 Å². The van der Waals surface area contributed by atoms with Crippen molar-refractivity contribution in [1.82, 2.24) is 0 Å². The van der Waals surface area contributed by atoms with E-state index in [2.05, 4.69) is 19.1 Å². The highest BCUT2D eigenvalue weighted by Gasteiger charge is 1.99. The SMILES string of the molecule is Cc1ccc(CCC(C)O)s1. The zero-order valence-corrected chi connectivity index (χ0v) is 7.82. The maximum atomic E-state index is 9.03. The average molecular weight is 170 g/mol. The van der Waals surface area contributed by atoms with E-state index < -0.39 is 0 Å². The Morgan fingerprint density at radius 1 is 1.55 bits per heavy atom. The standard InChI is InChI=1S/C9H14OS/c1-7(10)3-5-9-6-4-8(2)11-9/h4,6-7,10H,3,5H2,1-2H3. The van der Waals surface area contributed by atoms with Crippen LogP contribution in [0.15, 0.2) is 12.1 Å². The monoisotopic (exact) mass is 170 g/mol. The molecule has 0 radical (unpaired) electrons. The molecule has 62 valence electrons. The summed E-state index contributed by atoms with van der Waals surface area (Å²) in [6.07, 6.45) is 1.72. The van der Waals surface area contributed by atoms with Crippen LogP contribution in [0, 0.1) is 6.92 Å². The fraction of sp³-hybridized carbons (Fsp3) is 0.556. The van der Waals surface area contributed by atoms with Crippen molar-refractivity contribution in [3.8, 4) is 0 Å². The molecule has 0 aliphatic carbocycles. The van der Waals surface area contributed by atoms with Crippen molar-refractivity contribution in [2.75, 3.05) is 0 Å². The van der Waals surface area contributed by atoms with Gasteiger partial charge in [-0.3, -0.25) is 0 Å². The lowest BCUT2D eigenvalue weighted by molar-refractivity contribution is 0.185. The molecule has 0 fully saturated rings. The number of aryl methyl sites for hydroxylation is 2. The summed E-state index contributed by atoms with van der Waals surface area (Å²) >= 11 is 1.82. The molecule has 1 aromatic heterocycles. The van der Waals surface area contributed by atoms with Crippen LogP contribution in [-0.4, -0.2) is 11.2 Å². The number of hydrogen-bond acceptors (Lipinski definition) is 2. The van der Waals surface area contributed by atoms with Gasteiger partial charge in [-0.25, -0.2) is 0 Å². The topological polar surface area (TPSA) is 20.2 Å². The van der Waals surface area contributed by atoms with Crippen LogP contribution in [0.3, 0.4) is 0 Å². The van der Waals surface area contributed by atoms with Crippen molar-refractivity contribution >= 4 is 11.3 Å². The smallest absolute Gasteiger partial charge is 0.0515 e. The lowest BCUT2D eigenvalue weighted by atomic mass is 10.2. The molecule has 0 aromatic carbocycles. The quantitative estimate of drug-likeness (QED) is 0.738. The molecular weight excluding hydrogens is 156 g/mol. The van der Waals surface area contributed by atoms with E-state index in [-0.39, 0.29) is 6.10 Å². The molecule has 1 unspecified atom stereocenters. The zero-order chi connectivity index (χ0) is 8.27. The minimum atomic E-state index is -0.169. The molecule has 1 rings (SSSR count). The minimum absolute atomic E-state index is 0.169. The first kappa shape index (κ1) is 8.75. The molecule has 0 bridgehead atoms. The number of aliphatic hydroxyl groups is 1. The third-order valence-corrected chi connectivity index (χ3v) is 2.66. The summed E-state index contributed by atoms with van der Waals surface area (Å²) in [4.78, 5) is 2.73. The summed E-state index contributed by atoms with van der Waals surface area (Å²) in [6.45, 7) is 3.94. The highest BCUT2D eigenvalue weighted by molar-refractivity contribution is 7.11. The van der Waals surface area contributed by atoms with Gasteiger partial charge >= 0.3 is 0 Å². The number of hydrogen-bond donors (Lipinski definition) is 1. The first-order valence-corrected chi connectivity index (χ1v) is 4.73. The van der Waals surface area contributed by atoms with Crippen LogP contribution in [0.1, 0.15) is 23.1 Å². The molecule has 0 amide bonds. The van der Waals surface area contributed by atoms with E-state index in [1.807, 2.05) is 18.3 Å². The Bertz CT molecular complexity index is 215. The minimum Gasteiger partial charge on any atom is -0.393 e. The number of rotatable bonds is 3. The highest BCUT2D eigenvalue weighted by Crippen LogP contribution is 2.17. The van der Waals surface area contributed by atoms with Crippen LogP contribution in [0.25, 0.3) is 0 Å². The third kappa shape index (κ3) is 3.04. The second kappa shape index (κ2) is 3.88. The largest absolute Gasteiger partial charge is 0.393 e. The number of aliphatic hydroxyl groups excluding tert-OH is 1. The predicted molar refractivity (Wildman–Crippen MR) is 49.1 cm³/mol. The molecule has 2 heteroatoms. The van der Waals surface area contributed by atoms with Gasteiger partial charge in [0.1, 0.15) is 0 Å². The molecule has 1 nitrogen and oxygen atoms in total. The summed E-state index contributed by atoms with van der Waals surface area (Å²) in [5.41, 5.74) is 0. The van der Waals surface area contributed by atoms with Crippen molar-refractivity contribution in [3.05, 3.63) is 21.9 Å². The zero-order valence-electron chi connectivity index (χ0n) is 7.00. The summed E-state index contributed by atoms with van der Waals surface area (Å²) < 4.78 is 0. The van der Waals surface area contributed by atoms with Gasteiger partial charge in [-0.15, -0.1) is 11.3 Å². The van der Waals surface area contributed by atoms with E-state index in [0.29, 0.717) is 0 Å². The van der Waals surface area contributed by atoms with Gasteiger partial charge in [-0.2, -0.15) is 0 Å². The molecule has 0 saturated heterocycles. The summed E-state index contributed by atoms with van der Waals surface area (Å²) in [5.74, 6) is 0. The van der Waals surface area contributed by atoms with Gasteiger partial charge in [0.15, 0.2) is 0 Å². The van der Waals surface area contributed by atoms with Crippen LogP contribution in [0.5, 0.6) is 0 Å². The molecule has 11 heavy (non-hydrogen) atoms. The first-order chi connectivity index (χ1) is 5.18. The van der Waals surface area contributed by atoms with E-state index in [1.54, 1.807) is 0 Å². The average Bonchev–Trinajstić information content (AvgIpc) is 2.31. The molecule has 0 aliphatic heterocycles. The lowest BCUT2D eigenvalue weighted by Crippen LogP contribution is -1.99. The summed E-state index contributed by atoms with van der Waals surface area (Å²) in [7, 11) is 0. The molecule has 0 saturated carbocycles. The lowest BCUT2D eigenvalue weighted by Gasteiger charge is -2.00. The second-order valence-corrected chi connectivity index (χ2v) is 4.27. The third-order valence-electron chi connectivity index (χ3n) is 1.60. The van der Waals surface area contributed by atoms with Crippen LogP contribution < -0.4 is 0 Å². The Hall–Kier alpha value is -0.340. The van der Waals surface area contributed by atoms with Gasteiger partial charge in [-0.1, -0.05) is 0 Å². The summed E-state index contributed by atoms with van der Waals surface area (Å²) in [5, 5.41) is 9.03. The van der Waals surface area contributed by atoms with Crippen LogP contribution in [0.2, 0.25) is 0 Å². The molecular formula is C9H14OS. The van der Waals surface area contributed by atoms with Crippen molar-refractivity contribution in [1.29, 1.82) is 0 Å². The van der Waals surface area contributed by atoms with Crippen LogP contribution in [0.4, 0.5) is 0 Å². The van der Waals surface area contributed by atoms with E-state index in [4.69, 9.17) is 5.11 Å². The van der Waals surface area contributed by atoms with Gasteiger partial charge in [0.05, 0.1) is 6.10 Å². The van der Waals surface area contributed by atoms with Gasteiger partial charge in [0.2, 0.25) is 0 Å². The molecule has 0 aliphatic rings. The Morgan fingerprint density at radius 2 is 2.27 bits per heavy atom. The fourth-order valence-electron chi connectivity index (χ4n) is 0.971. The van der Waals surface area contributed by atoms with Crippen molar-refractivity contribution in [2.24, 2.45) is 0 Å². The van der Waals surface area contributed by atoms with Crippen molar-refractivity contribution in [3.63, 3.8) is 0 Å². The fourth-order valence-corrected chi connectivity index (χ4v) is 1.88. The second-order valence-electron chi connectivity index (χ2n) is 2.90. The van der Waals surface area contributed by atoms with Gasteiger partial charge in [-0.05, 0) is 38.8 Å². The number of thiophene rings is 1. The van der Waals surface area contributed by atoms with Gasteiger partial charge in [0, 0.05) is 9.75 Å². The van der Waals surface area contributed by atoms with Crippen LogP contribution in [-0.2, 0) is 6.42 Å². The first-order valence-electron chi connectivity index (χ1n) is 3.92. The van der Waals surface area contributed by atoms with E-state index in [1.165, 1.54) is 9.75 Å². The molecule has 1 aromatic rings. The molecule has 1 atom stereocenters. The van der Waals surface area contributed by atoms with Crippen molar-refractivity contribution in [2.45, 2.75) is 32.8 Å². The van der Waals surface area contributed by atoms with E-state index in [9.17, 15) is 0 Å². The van der Waals surface area contributed by atoms with Gasteiger partial charge < -0.3 is 5.11 Å². The molecule has 1 N–H and O–H groups in total. The summed E-state index contributed by atoms with van der Waals surface area (Å²) in [6, 6.07) is 4.27. The van der Waals surface area contributed by atoms with Crippen molar-refractivity contribution < 1.29 is 5.11 Å². The highest BCUT2D eigenvalue weighted by atomic mass is 32.1. The van der Waals surface area contributed by atoms with E-state index in [0.717, 1.165) is 12.8 Å². The Labute approximate surface area is 71.7 Å². The van der Waals surface area contributed by atoms with Gasteiger partial charge in [0.25, 0.3) is 0 Å². The molecule has 1 heterocycles. The maximum absolute atomic E-state index is 9.03. The maximum Gasteiger partial charge on any atom is 0.0515 e. The Balaban J connectivity index is 2.39.